The minimum Gasteiger partial charge on any atom is -0.344 e. The van der Waals surface area contributed by atoms with Gasteiger partial charge in [-0.2, -0.15) is 0 Å². The Bertz CT molecular complexity index is 51.7. The van der Waals surface area contributed by atoms with E-state index in [9.17, 15) is 0 Å². The van der Waals surface area contributed by atoms with E-state index in [1.54, 1.807) is 0 Å². The highest BCUT2D eigenvalue weighted by Gasteiger charge is 2.17. The molecule has 42 valence electrons. The molecule has 1 unspecified atom stereocenters. The highest BCUT2D eigenvalue weighted by atomic mass is 17.1. The van der Waals surface area contributed by atoms with Gasteiger partial charge in [-0.3, -0.25) is 5.26 Å². The van der Waals surface area contributed by atoms with Gasteiger partial charge in [-0.25, -0.2) is 4.89 Å². The lowest BCUT2D eigenvalue weighted by atomic mass is 10.3. The van der Waals surface area contributed by atoms with Crippen molar-refractivity contribution in [1.82, 2.24) is 0 Å². The molecule has 3 N–H and O–H groups in total. The van der Waals surface area contributed by atoms with Crippen molar-refractivity contribution in [1.29, 1.82) is 0 Å². The van der Waals surface area contributed by atoms with Crippen LogP contribution in [0.1, 0.15) is 6.42 Å². The second kappa shape index (κ2) is 2.26. The number of hydrogen-bond acceptors (Lipinski definition) is 2. The van der Waals surface area contributed by atoms with Gasteiger partial charge in [-0.1, -0.05) is 0 Å². The fraction of sp³-hybridized carbons (Fsp3) is 1.00. The van der Waals surface area contributed by atoms with Gasteiger partial charge < -0.3 is 5.32 Å². The molecule has 1 aliphatic rings. The summed E-state index contributed by atoms with van der Waals surface area (Å²) >= 11 is 0. The van der Waals surface area contributed by atoms with Gasteiger partial charge in [0.1, 0.15) is 12.6 Å². The summed E-state index contributed by atoms with van der Waals surface area (Å²) in [6.45, 7) is 2.00. The lowest BCUT2D eigenvalue weighted by Gasteiger charge is -1.95. The molecule has 0 aromatic rings. The molecule has 0 amide bonds. The van der Waals surface area contributed by atoms with Crippen LogP contribution in [-0.2, 0) is 4.89 Å². The topological polar surface area (TPSA) is 46.1 Å². The number of hydrogen-bond donors (Lipinski definition) is 2. The monoisotopic (exact) mass is 104 g/mol. The molecule has 0 aromatic carbocycles. The van der Waals surface area contributed by atoms with E-state index in [0.29, 0.717) is 0 Å². The van der Waals surface area contributed by atoms with Gasteiger partial charge >= 0.3 is 0 Å². The Kier molecular flexibility index (Phi) is 1.62. The standard InChI is InChI=1S/C4H9NO2/c6-7-4-1-2-5-3-4/h4-6H,1-3H2/p+1. The van der Waals surface area contributed by atoms with E-state index < -0.39 is 0 Å². The SMILES string of the molecule is OOC1CC[NH2+]C1. The third-order valence-corrected chi connectivity index (χ3v) is 1.27. The minimum atomic E-state index is 0.0972. The van der Waals surface area contributed by atoms with Crippen LogP contribution in [0.4, 0.5) is 0 Å². The largest absolute Gasteiger partial charge is 0.344 e. The van der Waals surface area contributed by atoms with E-state index in [1.807, 2.05) is 0 Å². The summed E-state index contributed by atoms with van der Waals surface area (Å²) in [5.74, 6) is 0. The van der Waals surface area contributed by atoms with Crippen LogP contribution in [0, 0.1) is 0 Å². The Labute approximate surface area is 42.2 Å². The second-order valence-electron chi connectivity index (χ2n) is 1.83. The average molecular weight is 104 g/mol. The quantitative estimate of drug-likeness (QED) is 0.324. The second-order valence-corrected chi connectivity index (χ2v) is 1.83. The van der Waals surface area contributed by atoms with Crippen molar-refractivity contribution in [3.05, 3.63) is 0 Å². The van der Waals surface area contributed by atoms with Gasteiger partial charge in [0.2, 0.25) is 0 Å². The first-order chi connectivity index (χ1) is 3.43. The van der Waals surface area contributed by atoms with E-state index in [-0.39, 0.29) is 6.10 Å². The van der Waals surface area contributed by atoms with Crippen LogP contribution in [0.2, 0.25) is 0 Å². The molecular weight excluding hydrogens is 94.0 g/mol. The van der Waals surface area contributed by atoms with Crippen LogP contribution in [0.5, 0.6) is 0 Å². The number of nitrogens with two attached hydrogens (primary N) is 1. The van der Waals surface area contributed by atoms with E-state index in [2.05, 4.69) is 10.2 Å². The molecule has 0 bridgehead atoms. The molecule has 1 heterocycles. The van der Waals surface area contributed by atoms with Crippen LogP contribution in [-0.4, -0.2) is 24.5 Å². The summed E-state index contributed by atoms with van der Waals surface area (Å²) < 4.78 is 0. The van der Waals surface area contributed by atoms with Gasteiger partial charge in [-0.05, 0) is 0 Å². The maximum absolute atomic E-state index is 8.05. The Morgan fingerprint density at radius 3 is 2.86 bits per heavy atom. The van der Waals surface area contributed by atoms with Crippen molar-refractivity contribution < 1.29 is 15.5 Å². The van der Waals surface area contributed by atoms with Crippen LogP contribution < -0.4 is 5.32 Å². The summed E-state index contributed by atoms with van der Waals surface area (Å²) in [6, 6.07) is 0. The fourth-order valence-electron chi connectivity index (χ4n) is 0.821. The Hall–Kier alpha value is -0.120. The van der Waals surface area contributed by atoms with Crippen LogP contribution in [0.15, 0.2) is 0 Å². The molecule has 0 aromatic heterocycles. The zero-order valence-electron chi connectivity index (χ0n) is 4.13. The lowest BCUT2D eigenvalue weighted by Crippen LogP contribution is -2.81. The van der Waals surface area contributed by atoms with Crippen molar-refractivity contribution in [2.24, 2.45) is 0 Å². The molecule has 3 heteroatoms. The molecule has 3 nitrogen and oxygen atoms in total. The fourth-order valence-corrected chi connectivity index (χ4v) is 0.821. The zero-order chi connectivity index (χ0) is 5.11. The molecule has 0 spiro atoms. The molecule has 1 saturated heterocycles. The molecule has 0 radical (unpaired) electrons. The molecule has 7 heavy (non-hydrogen) atoms. The first-order valence-electron chi connectivity index (χ1n) is 2.55. The number of rotatable bonds is 1. The van der Waals surface area contributed by atoms with Gasteiger partial charge in [0.25, 0.3) is 0 Å². The van der Waals surface area contributed by atoms with Gasteiger partial charge in [0.15, 0.2) is 0 Å². The highest BCUT2D eigenvalue weighted by Crippen LogP contribution is 1.93. The Morgan fingerprint density at radius 1 is 1.71 bits per heavy atom. The Morgan fingerprint density at radius 2 is 2.57 bits per heavy atom. The molecule has 1 rings (SSSR count). The highest BCUT2D eigenvalue weighted by molar-refractivity contribution is 4.55. The van der Waals surface area contributed by atoms with E-state index in [0.717, 1.165) is 19.5 Å². The van der Waals surface area contributed by atoms with Crippen LogP contribution in [0.25, 0.3) is 0 Å². The smallest absolute Gasteiger partial charge is 0.147 e. The average Bonchev–Trinajstić information content (AvgIpc) is 2.14. The molecule has 0 aliphatic carbocycles. The van der Waals surface area contributed by atoms with E-state index >= 15 is 0 Å². The first kappa shape index (κ1) is 5.03. The summed E-state index contributed by atoms with van der Waals surface area (Å²) in [4.78, 5) is 4.08. The molecular formula is C4H10NO2+. The first-order valence-corrected chi connectivity index (χ1v) is 2.55. The molecule has 1 atom stereocenters. The Balaban J connectivity index is 2.14. The predicted octanol–water partition coefficient (Wildman–Crippen LogP) is -1.19. The lowest BCUT2D eigenvalue weighted by molar-refractivity contribution is -0.640. The normalized spacial score (nSPS) is 31.3. The van der Waals surface area contributed by atoms with E-state index in [1.165, 1.54) is 0 Å². The third-order valence-electron chi connectivity index (χ3n) is 1.27. The predicted molar refractivity (Wildman–Crippen MR) is 23.8 cm³/mol. The van der Waals surface area contributed by atoms with Crippen LogP contribution >= 0.6 is 0 Å². The van der Waals surface area contributed by atoms with Crippen molar-refractivity contribution >= 4 is 0 Å². The van der Waals surface area contributed by atoms with E-state index in [4.69, 9.17) is 5.26 Å². The summed E-state index contributed by atoms with van der Waals surface area (Å²) in [5.41, 5.74) is 0. The van der Waals surface area contributed by atoms with Crippen molar-refractivity contribution in [2.75, 3.05) is 13.1 Å². The van der Waals surface area contributed by atoms with Crippen molar-refractivity contribution in [3.63, 3.8) is 0 Å². The third kappa shape index (κ3) is 1.12. The minimum absolute atomic E-state index is 0.0972. The van der Waals surface area contributed by atoms with Crippen molar-refractivity contribution in [2.45, 2.75) is 12.5 Å². The maximum atomic E-state index is 8.05. The van der Waals surface area contributed by atoms with Crippen LogP contribution in [0.3, 0.4) is 0 Å². The summed E-state index contributed by atoms with van der Waals surface area (Å²) in [6.07, 6.45) is 1.08. The van der Waals surface area contributed by atoms with Gasteiger partial charge in [0.05, 0.1) is 6.54 Å². The summed E-state index contributed by atoms with van der Waals surface area (Å²) in [5, 5.41) is 10.2. The molecule has 0 saturated carbocycles. The molecule has 1 aliphatic heterocycles. The van der Waals surface area contributed by atoms with Gasteiger partial charge in [-0.15, -0.1) is 0 Å². The zero-order valence-corrected chi connectivity index (χ0v) is 4.13. The molecule has 1 fully saturated rings. The maximum Gasteiger partial charge on any atom is 0.147 e. The van der Waals surface area contributed by atoms with Gasteiger partial charge in [0, 0.05) is 6.42 Å². The number of quaternary nitrogens is 1. The summed E-state index contributed by atoms with van der Waals surface area (Å²) in [7, 11) is 0. The van der Waals surface area contributed by atoms with Crippen molar-refractivity contribution in [3.8, 4) is 0 Å².